The van der Waals surface area contributed by atoms with E-state index >= 15 is 0 Å². The van der Waals surface area contributed by atoms with E-state index in [9.17, 15) is 14.4 Å². The van der Waals surface area contributed by atoms with Gasteiger partial charge in [-0.15, -0.1) is 0 Å². The van der Waals surface area contributed by atoms with E-state index in [-0.39, 0.29) is 24.1 Å². The number of aryl methyl sites for hydroxylation is 1. The fourth-order valence-electron chi connectivity index (χ4n) is 2.85. The van der Waals surface area contributed by atoms with Crippen molar-refractivity contribution in [1.29, 1.82) is 0 Å². The molecule has 1 aromatic carbocycles. The number of piperidine rings is 1. The first kappa shape index (κ1) is 16.2. The zero-order valence-corrected chi connectivity index (χ0v) is 13.3. The third-order valence-corrected chi connectivity index (χ3v) is 4.00. The number of nitrogens with zero attached hydrogens (tertiary/aromatic N) is 1. The van der Waals surface area contributed by atoms with Crippen LogP contribution in [0.2, 0.25) is 0 Å². The van der Waals surface area contributed by atoms with Crippen LogP contribution in [0.25, 0.3) is 0 Å². The van der Waals surface area contributed by atoms with E-state index in [0.29, 0.717) is 18.5 Å². The van der Waals surface area contributed by atoms with Gasteiger partial charge < -0.3 is 4.90 Å². The van der Waals surface area contributed by atoms with E-state index in [4.69, 9.17) is 0 Å². The molecular formula is C17H22N2O3. The molecule has 5 heteroatoms. The summed E-state index contributed by atoms with van der Waals surface area (Å²) < 4.78 is 0. The van der Waals surface area contributed by atoms with E-state index < -0.39 is 6.04 Å². The minimum absolute atomic E-state index is 0.114. The molecule has 1 N–H and O–H groups in total. The molecule has 1 fully saturated rings. The van der Waals surface area contributed by atoms with Crippen molar-refractivity contribution in [1.82, 2.24) is 10.2 Å². The maximum Gasteiger partial charge on any atom is 0.255 e. The Morgan fingerprint density at radius 2 is 1.95 bits per heavy atom. The fraction of sp³-hybridized carbons (Fsp3) is 0.471. The maximum atomic E-state index is 12.4. The van der Waals surface area contributed by atoms with Crippen LogP contribution < -0.4 is 5.32 Å². The Hall–Kier alpha value is -2.17. The highest BCUT2D eigenvalue weighted by molar-refractivity contribution is 6.05. The largest absolute Gasteiger partial charge is 0.322 e. The number of imide groups is 1. The lowest BCUT2D eigenvalue weighted by Gasteiger charge is -2.29. The van der Waals surface area contributed by atoms with Crippen LogP contribution in [0.15, 0.2) is 18.2 Å². The fourth-order valence-corrected chi connectivity index (χ4v) is 2.85. The summed E-state index contributed by atoms with van der Waals surface area (Å²) in [5.41, 5.74) is 2.83. The van der Waals surface area contributed by atoms with Crippen molar-refractivity contribution in [3.63, 3.8) is 0 Å². The molecule has 1 saturated heterocycles. The van der Waals surface area contributed by atoms with Gasteiger partial charge in [0, 0.05) is 18.5 Å². The number of amides is 3. The number of carbonyl (C=O) groups excluding carboxylic acids is 3. The summed E-state index contributed by atoms with van der Waals surface area (Å²) in [6, 6.07) is 5.28. The average Bonchev–Trinajstić information content (AvgIpc) is 2.85. The Bertz CT molecular complexity index is 610. The van der Waals surface area contributed by atoms with Crippen LogP contribution in [0, 0.1) is 0 Å². The van der Waals surface area contributed by atoms with Crippen LogP contribution in [0.4, 0.5) is 0 Å². The van der Waals surface area contributed by atoms with Crippen molar-refractivity contribution in [3.05, 3.63) is 34.9 Å². The Balaban J connectivity index is 0.000000847. The van der Waals surface area contributed by atoms with Crippen LogP contribution in [0.3, 0.4) is 0 Å². The minimum Gasteiger partial charge on any atom is -0.322 e. The second-order valence-electron chi connectivity index (χ2n) is 5.25. The summed E-state index contributed by atoms with van der Waals surface area (Å²) in [6.45, 7) is 6.52. The monoisotopic (exact) mass is 302 g/mol. The van der Waals surface area contributed by atoms with E-state index in [2.05, 4.69) is 12.2 Å². The summed E-state index contributed by atoms with van der Waals surface area (Å²) in [7, 11) is 0. The predicted octanol–water partition coefficient (Wildman–Crippen LogP) is 2.04. The van der Waals surface area contributed by atoms with Gasteiger partial charge >= 0.3 is 0 Å². The highest BCUT2D eigenvalue weighted by Crippen LogP contribution is 2.28. The maximum absolute atomic E-state index is 12.4. The normalized spacial score (nSPS) is 20.2. The smallest absolute Gasteiger partial charge is 0.255 e. The molecule has 0 saturated carbocycles. The van der Waals surface area contributed by atoms with Gasteiger partial charge in [0.1, 0.15) is 6.04 Å². The van der Waals surface area contributed by atoms with Crippen LogP contribution >= 0.6 is 0 Å². The number of carbonyl (C=O) groups is 3. The third-order valence-electron chi connectivity index (χ3n) is 4.00. The topological polar surface area (TPSA) is 66.5 Å². The molecule has 22 heavy (non-hydrogen) atoms. The molecule has 2 heterocycles. The molecule has 5 nitrogen and oxygen atoms in total. The quantitative estimate of drug-likeness (QED) is 0.850. The van der Waals surface area contributed by atoms with Crippen molar-refractivity contribution in [2.24, 2.45) is 0 Å². The summed E-state index contributed by atoms with van der Waals surface area (Å²) >= 11 is 0. The summed E-state index contributed by atoms with van der Waals surface area (Å²) in [5.74, 6) is -0.737. The molecule has 1 atom stereocenters. The SMILES string of the molecule is CC.CCc1ccc2c(c1)CN(C1CCC(=O)NC1=O)C2=O. The summed E-state index contributed by atoms with van der Waals surface area (Å²) in [4.78, 5) is 37.0. The average molecular weight is 302 g/mol. The molecule has 3 rings (SSSR count). The van der Waals surface area contributed by atoms with E-state index in [1.165, 1.54) is 5.56 Å². The number of benzene rings is 1. The molecule has 0 radical (unpaired) electrons. The first-order valence-electron chi connectivity index (χ1n) is 7.86. The number of hydrogen-bond acceptors (Lipinski definition) is 3. The Kier molecular flexibility index (Phi) is 4.96. The summed E-state index contributed by atoms with van der Waals surface area (Å²) in [6.07, 6.45) is 1.61. The third kappa shape index (κ3) is 2.89. The van der Waals surface area contributed by atoms with Crippen molar-refractivity contribution in [2.45, 2.75) is 52.6 Å². The lowest BCUT2D eigenvalue weighted by atomic mass is 10.0. The van der Waals surface area contributed by atoms with Crippen LogP contribution in [-0.2, 0) is 22.6 Å². The molecule has 0 spiro atoms. The van der Waals surface area contributed by atoms with Gasteiger partial charge in [0.2, 0.25) is 11.8 Å². The van der Waals surface area contributed by atoms with Gasteiger partial charge in [0.25, 0.3) is 5.91 Å². The zero-order chi connectivity index (χ0) is 16.3. The highest BCUT2D eigenvalue weighted by atomic mass is 16.2. The van der Waals surface area contributed by atoms with Gasteiger partial charge in [-0.3, -0.25) is 19.7 Å². The molecule has 0 bridgehead atoms. The first-order chi connectivity index (χ1) is 10.6. The minimum atomic E-state index is -0.530. The second-order valence-corrected chi connectivity index (χ2v) is 5.25. The van der Waals surface area contributed by atoms with Gasteiger partial charge in [0.05, 0.1) is 0 Å². The van der Waals surface area contributed by atoms with Crippen LogP contribution in [-0.4, -0.2) is 28.7 Å². The molecule has 1 aromatic rings. The van der Waals surface area contributed by atoms with Gasteiger partial charge in [-0.1, -0.05) is 32.9 Å². The molecular weight excluding hydrogens is 280 g/mol. The Labute approximate surface area is 130 Å². The molecule has 2 aliphatic heterocycles. The Morgan fingerprint density at radius 3 is 2.59 bits per heavy atom. The van der Waals surface area contributed by atoms with E-state index in [1.807, 2.05) is 32.0 Å². The molecule has 1 unspecified atom stereocenters. The second kappa shape index (κ2) is 6.73. The Morgan fingerprint density at radius 1 is 1.23 bits per heavy atom. The van der Waals surface area contributed by atoms with Crippen LogP contribution in [0.5, 0.6) is 0 Å². The van der Waals surface area contributed by atoms with Crippen LogP contribution in [0.1, 0.15) is 55.1 Å². The van der Waals surface area contributed by atoms with Gasteiger partial charge in [0.15, 0.2) is 0 Å². The lowest BCUT2D eigenvalue weighted by Crippen LogP contribution is -2.52. The van der Waals surface area contributed by atoms with E-state index in [0.717, 1.165) is 12.0 Å². The molecule has 2 aliphatic rings. The van der Waals surface area contributed by atoms with Gasteiger partial charge in [-0.25, -0.2) is 0 Å². The van der Waals surface area contributed by atoms with Crippen molar-refractivity contribution in [3.8, 4) is 0 Å². The van der Waals surface area contributed by atoms with Gasteiger partial charge in [-0.2, -0.15) is 0 Å². The van der Waals surface area contributed by atoms with Crippen molar-refractivity contribution < 1.29 is 14.4 Å². The number of rotatable bonds is 2. The molecule has 0 aliphatic carbocycles. The van der Waals surface area contributed by atoms with Crippen molar-refractivity contribution in [2.75, 3.05) is 0 Å². The molecule has 118 valence electrons. The highest BCUT2D eigenvalue weighted by Gasteiger charge is 2.38. The van der Waals surface area contributed by atoms with E-state index in [1.54, 1.807) is 4.90 Å². The summed E-state index contributed by atoms with van der Waals surface area (Å²) in [5, 5.41) is 2.30. The van der Waals surface area contributed by atoms with Gasteiger partial charge in [-0.05, 0) is 30.0 Å². The zero-order valence-electron chi connectivity index (χ0n) is 13.3. The standard InChI is InChI=1S/C15H16N2O3.C2H6/c1-2-9-3-4-11-10(7-9)8-17(15(11)20)12-5-6-13(18)16-14(12)19;1-2/h3-4,7,12H,2,5-6,8H2,1H3,(H,16,18,19);1-2H3. The number of fused-ring (bicyclic) bond motifs is 1. The lowest BCUT2D eigenvalue weighted by molar-refractivity contribution is -0.136. The number of hydrogen-bond donors (Lipinski definition) is 1. The molecule has 3 amide bonds. The van der Waals surface area contributed by atoms with Crippen molar-refractivity contribution >= 4 is 17.7 Å². The molecule has 0 aromatic heterocycles. The first-order valence-corrected chi connectivity index (χ1v) is 7.86. The predicted molar refractivity (Wildman–Crippen MR) is 83.2 cm³/mol. The number of nitrogens with one attached hydrogen (secondary N) is 1.